The van der Waals surface area contributed by atoms with Crippen molar-refractivity contribution in [2.24, 2.45) is 0 Å². The number of carbonyl (C=O) groups is 1. The molecule has 3 atom stereocenters. The van der Waals surface area contributed by atoms with Crippen LogP contribution in [0.25, 0.3) is 11.2 Å². The largest absolute Gasteiger partial charge is 0.508 e. The van der Waals surface area contributed by atoms with Gasteiger partial charge in [0.05, 0.1) is 19.5 Å². The third-order valence-electron chi connectivity index (χ3n) is 8.63. The second-order valence-corrected chi connectivity index (χ2v) is 17.1. The molecule has 0 amide bonds. The maximum atomic E-state index is 14.3. The van der Waals surface area contributed by atoms with Crippen molar-refractivity contribution in [1.29, 1.82) is 0 Å². The lowest BCUT2D eigenvalue weighted by Crippen LogP contribution is -2.68. The number of benzene rings is 2. The Morgan fingerprint density at radius 2 is 1.77 bits per heavy atom. The number of nitrogens with two attached hydrogens (primary N) is 1. The number of unbranched alkanes of at least 4 members (excludes halogenated alkanes) is 3. The van der Waals surface area contributed by atoms with E-state index in [9.17, 15) is 9.18 Å². The number of imidazole rings is 1. The van der Waals surface area contributed by atoms with Crippen LogP contribution in [-0.4, -0.2) is 58.9 Å². The van der Waals surface area contributed by atoms with Gasteiger partial charge in [0.25, 0.3) is 8.32 Å². The van der Waals surface area contributed by atoms with E-state index in [2.05, 4.69) is 72.8 Å². The number of hydrogen-bond acceptors (Lipinski definition) is 9. The van der Waals surface area contributed by atoms with Gasteiger partial charge in [0.15, 0.2) is 28.7 Å². The molecule has 1 aliphatic rings. The molecule has 248 valence electrons. The zero-order chi connectivity index (χ0) is 33.7. The Kier molecular flexibility index (Phi) is 10.3. The Bertz CT molecular complexity index is 1670. The summed E-state index contributed by atoms with van der Waals surface area (Å²) in [7, 11) is -3.08. The summed E-state index contributed by atoms with van der Waals surface area (Å²) < 4.78 is 40.9. The van der Waals surface area contributed by atoms with E-state index in [0.29, 0.717) is 0 Å². The average Bonchev–Trinajstić information content (AvgIpc) is 3.63. The quantitative estimate of drug-likeness (QED) is 0.0689. The molecule has 1 saturated heterocycles. The predicted octanol–water partition coefficient (Wildman–Crippen LogP) is 5.52. The van der Waals surface area contributed by atoms with Crippen molar-refractivity contribution in [2.75, 3.05) is 18.9 Å². The number of anilines is 1. The predicted molar refractivity (Wildman–Crippen MR) is 180 cm³/mol. The number of carbonyl (C=O) groups excluding carboxylic acids is 1. The number of ether oxygens (including phenoxy) is 3. The molecule has 0 bridgehead atoms. The maximum absolute atomic E-state index is 14.3. The lowest BCUT2D eigenvalue weighted by atomic mass is 9.99. The van der Waals surface area contributed by atoms with Gasteiger partial charge in [0.1, 0.15) is 6.23 Å². The number of nitrogen functional groups attached to an aromatic ring is 1. The average molecular weight is 660 g/mol. The van der Waals surface area contributed by atoms with Gasteiger partial charge in [-0.1, -0.05) is 114 Å². The van der Waals surface area contributed by atoms with Crippen molar-refractivity contribution in [3.05, 3.63) is 73.1 Å². The van der Waals surface area contributed by atoms with Crippen LogP contribution in [0.5, 0.6) is 0 Å². The van der Waals surface area contributed by atoms with Crippen molar-refractivity contribution in [2.45, 2.75) is 82.8 Å². The highest BCUT2D eigenvalue weighted by molar-refractivity contribution is 6.99. The fourth-order valence-electron chi connectivity index (χ4n) is 6.28. The summed E-state index contributed by atoms with van der Waals surface area (Å²) in [6.07, 6.45) is 7.87. The monoisotopic (exact) mass is 659 g/mol. The fraction of sp³-hybridized carbons (Fsp3) is 0.429. The second-order valence-electron chi connectivity index (χ2n) is 12.8. The molecule has 0 radical (unpaired) electrons. The summed E-state index contributed by atoms with van der Waals surface area (Å²) in [5.74, 6) is 2.67. The molecule has 47 heavy (non-hydrogen) atoms. The van der Waals surface area contributed by atoms with Crippen molar-refractivity contribution in [1.82, 2.24) is 19.5 Å². The molecule has 1 aliphatic heterocycles. The van der Waals surface area contributed by atoms with Gasteiger partial charge >= 0.3 is 12.2 Å². The van der Waals surface area contributed by atoms with Gasteiger partial charge in [0.2, 0.25) is 0 Å². The SMILES string of the molecule is C#C[C@]1(CO[Si](c2ccccc2)(c2ccccc2)C(C)(C)C)O[C@@H](n2cnc3c(N)nc(F)nc32)C[C@@H]1OC(=O)OCCCCCC. The van der Waals surface area contributed by atoms with Crippen LogP contribution >= 0.6 is 0 Å². The van der Waals surface area contributed by atoms with Gasteiger partial charge in [0, 0.05) is 6.42 Å². The second kappa shape index (κ2) is 14.2. The highest BCUT2D eigenvalue weighted by Gasteiger charge is 2.56. The van der Waals surface area contributed by atoms with Gasteiger partial charge in [-0.15, -0.1) is 6.42 Å². The third kappa shape index (κ3) is 6.88. The minimum Gasteiger partial charge on any atom is -0.434 e. The van der Waals surface area contributed by atoms with Crippen LogP contribution in [0, 0.1) is 18.4 Å². The lowest BCUT2D eigenvalue weighted by Gasteiger charge is -2.44. The van der Waals surface area contributed by atoms with E-state index in [1.54, 1.807) is 0 Å². The summed E-state index contributed by atoms with van der Waals surface area (Å²) in [5, 5.41) is 1.74. The summed E-state index contributed by atoms with van der Waals surface area (Å²) >= 11 is 0. The van der Waals surface area contributed by atoms with Gasteiger partial charge in [-0.2, -0.15) is 14.4 Å². The minimum absolute atomic E-state index is 0.0935. The number of terminal acetylenes is 1. The van der Waals surface area contributed by atoms with E-state index in [1.807, 2.05) is 36.4 Å². The van der Waals surface area contributed by atoms with E-state index in [-0.39, 0.29) is 41.7 Å². The van der Waals surface area contributed by atoms with Crippen LogP contribution in [0.4, 0.5) is 15.0 Å². The lowest BCUT2D eigenvalue weighted by molar-refractivity contribution is -0.0945. The molecule has 2 aromatic carbocycles. The smallest absolute Gasteiger partial charge is 0.434 e. The standard InChI is InChI=1S/C35H42FN5O5Si/c1-6-8-9-16-21-43-33(42)45-27-22-28(41-24-38-29-30(37)39-32(36)40-31(29)41)46-35(27,7-2)23-44-47(34(3,4)5,25-17-12-10-13-18-25)26-19-14-11-15-20-26/h2,10-15,17-20,24,27-28H,6,8-9,16,21-23H2,1,3-5H3,(H2,37,39,40)/t27-,28+,35+/m0/s1. The van der Waals surface area contributed by atoms with Gasteiger partial charge < -0.3 is 24.4 Å². The molecular weight excluding hydrogens is 617 g/mol. The maximum Gasteiger partial charge on any atom is 0.508 e. The number of rotatable bonds is 12. The Morgan fingerprint density at radius 3 is 2.36 bits per heavy atom. The number of hydrogen-bond donors (Lipinski definition) is 1. The van der Waals surface area contributed by atoms with Crippen LogP contribution in [0.3, 0.4) is 0 Å². The molecule has 2 N–H and O–H groups in total. The first-order valence-electron chi connectivity index (χ1n) is 15.9. The number of halogens is 1. The normalized spacial score (nSPS) is 19.8. The first-order chi connectivity index (χ1) is 22.5. The fourth-order valence-corrected chi connectivity index (χ4v) is 10.9. The zero-order valence-electron chi connectivity index (χ0n) is 27.3. The molecule has 3 heterocycles. The molecule has 2 aromatic heterocycles. The van der Waals surface area contributed by atoms with Crippen molar-refractivity contribution in [3.63, 3.8) is 0 Å². The van der Waals surface area contributed by atoms with E-state index in [0.717, 1.165) is 36.1 Å². The Hall–Kier alpha value is -4.31. The van der Waals surface area contributed by atoms with E-state index < -0.39 is 38.5 Å². The third-order valence-corrected chi connectivity index (χ3v) is 13.6. The van der Waals surface area contributed by atoms with Crippen LogP contribution in [0.15, 0.2) is 67.0 Å². The Balaban J connectivity index is 1.53. The number of fused-ring (bicyclic) bond motifs is 1. The molecule has 4 aromatic rings. The molecule has 0 spiro atoms. The van der Waals surface area contributed by atoms with Crippen molar-refractivity contribution >= 4 is 41.8 Å². The van der Waals surface area contributed by atoms with E-state index in [4.69, 9.17) is 30.8 Å². The zero-order valence-corrected chi connectivity index (χ0v) is 28.3. The molecular formula is C35H42FN5O5Si. The molecule has 1 fully saturated rings. The molecule has 0 saturated carbocycles. The highest BCUT2D eigenvalue weighted by Crippen LogP contribution is 2.43. The van der Waals surface area contributed by atoms with Crippen molar-refractivity contribution in [3.8, 4) is 12.3 Å². The number of aromatic nitrogens is 4. The van der Waals surface area contributed by atoms with Gasteiger partial charge in [-0.3, -0.25) is 4.57 Å². The molecule has 10 nitrogen and oxygen atoms in total. The van der Waals surface area contributed by atoms with Crippen LogP contribution in [-0.2, 0) is 18.6 Å². The topological polar surface area (TPSA) is 124 Å². The minimum atomic E-state index is -3.08. The van der Waals surface area contributed by atoms with E-state index in [1.165, 1.54) is 10.9 Å². The van der Waals surface area contributed by atoms with Crippen molar-refractivity contribution < 1.29 is 27.8 Å². The Labute approximate surface area is 275 Å². The highest BCUT2D eigenvalue weighted by atomic mass is 28.4. The molecule has 5 rings (SSSR count). The first kappa shape index (κ1) is 34.0. The summed E-state index contributed by atoms with van der Waals surface area (Å²) in [4.78, 5) is 24.8. The van der Waals surface area contributed by atoms with Gasteiger partial charge in [-0.25, -0.2) is 9.78 Å². The summed E-state index contributed by atoms with van der Waals surface area (Å²) in [6, 6.07) is 20.2. The van der Waals surface area contributed by atoms with Crippen LogP contribution in [0.2, 0.25) is 5.04 Å². The number of nitrogens with zero attached hydrogens (tertiary/aromatic N) is 4. The Morgan fingerprint density at radius 1 is 1.11 bits per heavy atom. The van der Waals surface area contributed by atoms with E-state index >= 15 is 0 Å². The van der Waals surface area contributed by atoms with Crippen LogP contribution < -0.4 is 16.1 Å². The molecule has 0 unspecified atom stereocenters. The molecule has 12 heteroatoms. The molecule has 0 aliphatic carbocycles. The summed E-state index contributed by atoms with van der Waals surface area (Å²) in [5.41, 5.74) is 4.71. The van der Waals surface area contributed by atoms with Crippen LogP contribution in [0.1, 0.15) is 66.0 Å². The summed E-state index contributed by atoms with van der Waals surface area (Å²) in [6.45, 7) is 8.68. The first-order valence-corrected chi connectivity index (χ1v) is 17.8. The van der Waals surface area contributed by atoms with Gasteiger partial charge in [-0.05, 0) is 21.8 Å².